The van der Waals surface area contributed by atoms with Gasteiger partial charge >= 0.3 is 12.0 Å². The molecule has 0 unspecified atom stereocenters. The third-order valence-electron chi connectivity index (χ3n) is 5.82. The van der Waals surface area contributed by atoms with Crippen LogP contribution >= 0.6 is 0 Å². The third-order valence-corrected chi connectivity index (χ3v) is 7.99. The number of hydrogen-bond donors (Lipinski definition) is 2. The second-order valence-electron chi connectivity index (χ2n) is 8.18. The van der Waals surface area contributed by atoms with Gasteiger partial charge in [-0.2, -0.15) is 4.31 Å². The lowest BCUT2D eigenvalue weighted by molar-refractivity contribution is -0.153. The van der Waals surface area contributed by atoms with Crippen LogP contribution in [0.2, 0.25) is 0 Å². The molecule has 1 heterocycles. The molecule has 178 valence electrons. The predicted molar refractivity (Wildman–Crippen MR) is 120 cm³/mol. The van der Waals surface area contributed by atoms with Crippen LogP contribution in [-0.2, 0) is 24.3 Å². The number of hydrogen-bond acceptors (Lipinski definition) is 6. The van der Waals surface area contributed by atoms with Gasteiger partial charge in [-0.25, -0.2) is 13.2 Å². The van der Waals surface area contributed by atoms with Gasteiger partial charge in [-0.05, 0) is 69.2 Å². The van der Waals surface area contributed by atoms with Crippen LogP contribution in [-0.4, -0.2) is 56.9 Å². The maximum Gasteiger partial charge on any atom is 0.321 e. The summed E-state index contributed by atoms with van der Waals surface area (Å²) in [4.78, 5) is 35.8. The number of benzene rings is 1. The van der Waals surface area contributed by atoms with E-state index in [-0.39, 0.29) is 13.1 Å². The smallest absolute Gasteiger partial charge is 0.321 e. The van der Waals surface area contributed by atoms with Crippen molar-refractivity contribution in [1.82, 2.24) is 14.9 Å². The Morgan fingerprint density at radius 3 is 2.16 bits per heavy atom. The fourth-order valence-electron chi connectivity index (χ4n) is 3.73. The standard InChI is InChI=1S/C22H33N3O6S/c1-6-9-23-22(28)24-19(26)13-31-21(27)18-7-10-25(11-8-18)32(29,30)20-16(4)14(2)12-15(3)17(20)5/h12,18H,6-11,13H2,1-5H3,(H2,23,24,26,28). The van der Waals surface area contributed by atoms with Crippen molar-refractivity contribution < 1.29 is 27.5 Å². The first-order valence-corrected chi connectivity index (χ1v) is 12.2. The molecule has 0 atom stereocenters. The number of imide groups is 1. The summed E-state index contributed by atoms with van der Waals surface area (Å²) >= 11 is 0. The number of nitrogens with one attached hydrogen (secondary N) is 2. The quantitative estimate of drug-likeness (QED) is 0.592. The fraction of sp³-hybridized carbons (Fsp3) is 0.591. The van der Waals surface area contributed by atoms with Gasteiger partial charge in [-0.1, -0.05) is 13.0 Å². The minimum Gasteiger partial charge on any atom is -0.455 e. The summed E-state index contributed by atoms with van der Waals surface area (Å²) < 4.78 is 33.1. The molecule has 1 aliphatic rings. The van der Waals surface area contributed by atoms with E-state index in [0.29, 0.717) is 24.3 Å². The lowest BCUT2D eigenvalue weighted by Crippen LogP contribution is -2.43. The highest BCUT2D eigenvalue weighted by Gasteiger charge is 2.35. The summed E-state index contributed by atoms with van der Waals surface area (Å²) in [5.41, 5.74) is 3.32. The van der Waals surface area contributed by atoms with Gasteiger partial charge < -0.3 is 10.1 Å². The topological polar surface area (TPSA) is 122 Å². The number of esters is 1. The minimum absolute atomic E-state index is 0.194. The Balaban J connectivity index is 1.94. The Hall–Kier alpha value is -2.46. The van der Waals surface area contributed by atoms with Crippen molar-refractivity contribution in [2.24, 2.45) is 5.92 Å². The van der Waals surface area contributed by atoms with E-state index in [1.165, 1.54) is 4.31 Å². The molecule has 0 bridgehead atoms. The number of nitrogens with zero attached hydrogens (tertiary/aromatic N) is 1. The predicted octanol–water partition coefficient (Wildman–Crippen LogP) is 2.10. The molecule has 10 heteroatoms. The lowest BCUT2D eigenvalue weighted by atomic mass is 9.98. The first kappa shape index (κ1) is 25.8. The van der Waals surface area contributed by atoms with Crippen LogP contribution in [0.5, 0.6) is 0 Å². The van der Waals surface area contributed by atoms with Gasteiger partial charge in [0.15, 0.2) is 6.61 Å². The fourth-order valence-corrected chi connectivity index (χ4v) is 5.77. The lowest BCUT2D eigenvalue weighted by Gasteiger charge is -2.31. The normalized spacial score (nSPS) is 15.3. The highest BCUT2D eigenvalue weighted by Crippen LogP contribution is 2.31. The monoisotopic (exact) mass is 467 g/mol. The van der Waals surface area contributed by atoms with Crippen LogP contribution in [0.3, 0.4) is 0 Å². The highest BCUT2D eigenvalue weighted by atomic mass is 32.2. The average Bonchev–Trinajstić information content (AvgIpc) is 2.74. The Morgan fingerprint density at radius 2 is 1.62 bits per heavy atom. The van der Waals surface area contributed by atoms with Gasteiger partial charge in [0.05, 0.1) is 10.8 Å². The molecule has 1 aliphatic heterocycles. The molecule has 3 amide bonds. The summed E-state index contributed by atoms with van der Waals surface area (Å²) in [6.45, 7) is 9.56. The molecule has 1 aromatic carbocycles. The highest BCUT2D eigenvalue weighted by molar-refractivity contribution is 7.89. The minimum atomic E-state index is -3.69. The number of carbonyl (C=O) groups is 3. The van der Waals surface area contributed by atoms with E-state index < -0.39 is 40.5 Å². The van der Waals surface area contributed by atoms with Crippen molar-refractivity contribution in [3.8, 4) is 0 Å². The summed E-state index contributed by atoms with van der Waals surface area (Å²) in [6.07, 6.45) is 1.34. The molecule has 1 saturated heterocycles. The van der Waals surface area contributed by atoms with E-state index >= 15 is 0 Å². The zero-order chi connectivity index (χ0) is 24.1. The van der Waals surface area contributed by atoms with E-state index in [0.717, 1.165) is 28.7 Å². The van der Waals surface area contributed by atoms with Gasteiger partial charge in [0.2, 0.25) is 10.0 Å². The van der Waals surface area contributed by atoms with Crippen LogP contribution in [0, 0.1) is 33.6 Å². The van der Waals surface area contributed by atoms with Crippen molar-refractivity contribution in [2.75, 3.05) is 26.2 Å². The van der Waals surface area contributed by atoms with Gasteiger partial charge in [0.25, 0.3) is 5.91 Å². The number of carbonyl (C=O) groups excluding carboxylic acids is 3. The molecule has 2 N–H and O–H groups in total. The van der Waals surface area contributed by atoms with E-state index in [2.05, 4.69) is 10.6 Å². The number of aryl methyl sites for hydroxylation is 2. The van der Waals surface area contributed by atoms with Crippen LogP contribution in [0.1, 0.15) is 48.4 Å². The summed E-state index contributed by atoms with van der Waals surface area (Å²) in [5, 5.41) is 4.57. The second kappa shape index (κ2) is 10.9. The average molecular weight is 468 g/mol. The first-order chi connectivity index (χ1) is 15.0. The Kier molecular flexibility index (Phi) is 8.80. The van der Waals surface area contributed by atoms with E-state index in [1.54, 1.807) is 0 Å². The van der Waals surface area contributed by atoms with Crippen LogP contribution < -0.4 is 10.6 Å². The van der Waals surface area contributed by atoms with Crippen molar-refractivity contribution >= 4 is 27.9 Å². The Bertz CT molecular complexity index is 956. The van der Waals surface area contributed by atoms with Gasteiger partial charge in [-0.3, -0.25) is 14.9 Å². The molecule has 32 heavy (non-hydrogen) atoms. The molecule has 0 aromatic heterocycles. The first-order valence-electron chi connectivity index (χ1n) is 10.8. The molecule has 2 rings (SSSR count). The number of amides is 3. The van der Waals surface area contributed by atoms with Gasteiger partial charge in [0, 0.05) is 19.6 Å². The molecular formula is C22H33N3O6S. The van der Waals surface area contributed by atoms with Gasteiger partial charge in [0.1, 0.15) is 0 Å². The van der Waals surface area contributed by atoms with Crippen LogP contribution in [0.15, 0.2) is 11.0 Å². The zero-order valence-corrected chi connectivity index (χ0v) is 20.2. The molecule has 1 aromatic rings. The number of ether oxygens (including phenoxy) is 1. The summed E-state index contributed by atoms with van der Waals surface area (Å²) in [5.74, 6) is -1.78. The van der Waals surface area contributed by atoms with Crippen molar-refractivity contribution in [1.29, 1.82) is 0 Å². The summed E-state index contributed by atoms with van der Waals surface area (Å²) in [7, 11) is -3.69. The number of rotatable bonds is 7. The maximum atomic E-state index is 13.3. The van der Waals surface area contributed by atoms with Crippen molar-refractivity contribution in [3.63, 3.8) is 0 Å². The largest absolute Gasteiger partial charge is 0.455 e. The summed E-state index contributed by atoms with van der Waals surface area (Å²) in [6, 6.07) is 1.35. The van der Waals surface area contributed by atoms with Crippen molar-refractivity contribution in [2.45, 2.75) is 58.8 Å². The van der Waals surface area contributed by atoms with Crippen LogP contribution in [0.25, 0.3) is 0 Å². The maximum absolute atomic E-state index is 13.3. The molecule has 1 fully saturated rings. The van der Waals surface area contributed by atoms with E-state index in [4.69, 9.17) is 4.74 Å². The molecule has 0 radical (unpaired) electrons. The zero-order valence-electron chi connectivity index (χ0n) is 19.4. The van der Waals surface area contributed by atoms with Crippen molar-refractivity contribution in [3.05, 3.63) is 28.3 Å². The van der Waals surface area contributed by atoms with E-state index in [9.17, 15) is 22.8 Å². The van der Waals surface area contributed by atoms with Gasteiger partial charge in [-0.15, -0.1) is 0 Å². The SMILES string of the molecule is CCCNC(=O)NC(=O)COC(=O)C1CCN(S(=O)(=O)c2c(C)c(C)cc(C)c2C)CC1. The number of sulfonamides is 1. The Labute approximate surface area is 189 Å². The molecule has 0 spiro atoms. The molecule has 0 saturated carbocycles. The Morgan fingerprint density at radius 1 is 1.06 bits per heavy atom. The molecular weight excluding hydrogens is 434 g/mol. The molecule has 0 aliphatic carbocycles. The second-order valence-corrected chi connectivity index (χ2v) is 10.1. The third kappa shape index (κ3) is 6.07. The van der Waals surface area contributed by atoms with E-state index in [1.807, 2.05) is 40.7 Å². The number of piperidine rings is 1. The van der Waals surface area contributed by atoms with Crippen LogP contribution in [0.4, 0.5) is 4.79 Å². The number of urea groups is 1. The molecule has 9 nitrogen and oxygen atoms in total.